The van der Waals surface area contributed by atoms with Crippen LogP contribution in [0.2, 0.25) is 0 Å². The zero-order valence-corrected chi connectivity index (χ0v) is 10.8. The zero-order chi connectivity index (χ0) is 11.4. The molecule has 1 aromatic heterocycles. The molecule has 4 heteroatoms. The summed E-state index contributed by atoms with van der Waals surface area (Å²) in [4.78, 5) is 4.50. The van der Waals surface area contributed by atoms with E-state index in [2.05, 4.69) is 22.6 Å². The highest BCUT2D eigenvalue weighted by Crippen LogP contribution is 2.26. The smallest absolute Gasteiger partial charge is 0.182 e. The number of aryl methyl sites for hydroxylation is 1. The summed E-state index contributed by atoms with van der Waals surface area (Å²) < 4.78 is 0. The minimum atomic E-state index is -0.00367. The van der Waals surface area contributed by atoms with Gasteiger partial charge in [-0.3, -0.25) is 0 Å². The fourth-order valence-electron chi connectivity index (χ4n) is 2.23. The van der Waals surface area contributed by atoms with Crippen LogP contribution in [0.1, 0.15) is 44.7 Å². The first-order valence-electron chi connectivity index (χ1n) is 6.19. The SMILES string of the molecule is CCc1csc(NCC2(N)CCCCC2)n1. The number of aromatic nitrogens is 1. The quantitative estimate of drug-likeness (QED) is 0.849. The maximum atomic E-state index is 6.36. The molecule has 0 unspecified atom stereocenters. The molecule has 0 aromatic carbocycles. The average molecular weight is 239 g/mol. The van der Waals surface area contributed by atoms with Gasteiger partial charge in [0.15, 0.2) is 5.13 Å². The molecule has 2 rings (SSSR count). The van der Waals surface area contributed by atoms with E-state index in [-0.39, 0.29) is 5.54 Å². The number of hydrogen-bond donors (Lipinski definition) is 2. The van der Waals surface area contributed by atoms with Gasteiger partial charge in [0.2, 0.25) is 0 Å². The van der Waals surface area contributed by atoms with E-state index in [9.17, 15) is 0 Å². The van der Waals surface area contributed by atoms with E-state index < -0.39 is 0 Å². The Hall–Kier alpha value is -0.610. The topological polar surface area (TPSA) is 50.9 Å². The van der Waals surface area contributed by atoms with E-state index in [1.807, 2.05) is 0 Å². The monoisotopic (exact) mass is 239 g/mol. The number of nitrogens with zero attached hydrogens (tertiary/aromatic N) is 1. The second-order valence-corrected chi connectivity index (χ2v) is 5.63. The Labute approximate surface area is 101 Å². The van der Waals surface area contributed by atoms with E-state index in [0.717, 1.165) is 30.9 Å². The molecule has 0 saturated heterocycles. The summed E-state index contributed by atoms with van der Waals surface area (Å²) in [5.41, 5.74) is 7.53. The van der Waals surface area contributed by atoms with Crippen molar-refractivity contribution in [2.75, 3.05) is 11.9 Å². The first-order chi connectivity index (χ1) is 7.72. The van der Waals surface area contributed by atoms with Crippen LogP contribution in [0.25, 0.3) is 0 Å². The number of hydrogen-bond acceptors (Lipinski definition) is 4. The lowest BCUT2D eigenvalue weighted by Crippen LogP contribution is -2.47. The van der Waals surface area contributed by atoms with E-state index in [0.29, 0.717) is 0 Å². The number of rotatable bonds is 4. The second kappa shape index (κ2) is 5.15. The molecule has 90 valence electrons. The van der Waals surface area contributed by atoms with Gasteiger partial charge in [0.05, 0.1) is 5.69 Å². The van der Waals surface area contributed by atoms with Gasteiger partial charge in [-0.1, -0.05) is 26.2 Å². The summed E-state index contributed by atoms with van der Waals surface area (Å²) in [6.45, 7) is 2.99. The molecule has 0 amide bonds. The Morgan fingerprint density at radius 2 is 2.19 bits per heavy atom. The maximum Gasteiger partial charge on any atom is 0.182 e. The zero-order valence-electron chi connectivity index (χ0n) is 9.96. The molecule has 0 atom stereocenters. The van der Waals surface area contributed by atoms with E-state index in [1.165, 1.54) is 25.0 Å². The summed E-state index contributed by atoms with van der Waals surface area (Å²) in [6, 6.07) is 0. The summed E-state index contributed by atoms with van der Waals surface area (Å²) in [5.74, 6) is 0. The molecule has 0 radical (unpaired) electrons. The molecule has 1 aromatic rings. The second-order valence-electron chi connectivity index (χ2n) is 4.77. The predicted octanol–water partition coefficient (Wildman–Crippen LogP) is 2.78. The molecular weight excluding hydrogens is 218 g/mol. The largest absolute Gasteiger partial charge is 0.360 e. The molecule has 0 aliphatic heterocycles. The predicted molar refractivity (Wildman–Crippen MR) is 70.0 cm³/mol. The van der Waals surface area contributed by atoms with Crippen LogP contribution in [0.15, 0.2) is 5.38 Å². The van der Waals surface area contributed by atoms with Gasteiger partial charge in [-0.15, -0.1) is 11.3 Å². The van der Waals surface area contributed by atoms with Crippen LogP contribution in [-0.2, 0) is 6.42 Å². The summed E-state index contributed by atoms with van der Waals surface area (Å²) in [7, 11) is 0. The van der Waals surface area contributed by atoms with Crippen LogP contribution in [0, 0.1) is 0 Å². The van der Waals surface area contributed by atoms with Gasteiger partial charge in [0.25, 0.3) is 0 Å². The third-order valence-corrected chi connectivity index (χ3v) is 4.20. The van der Waals surface area contributed by atoms with Crippen LogP contribution < -0.4 is 11.1 Å². The lowest BCUT2D eigenvalue weighted by molar-refractivity contribution is 0.311. The van der Waals surface area contributed by atoms with Gasteiger partial charge < -0.3 is 11.1 Å². The van der Waals surface area contributed by atoms with Crippen molar-refractivity contribution in [2.24, 2.45) is 5.73 Å². The third-order valence-electron chi connectivity index (χ3n) is 3.35. The third kappa shape index (κ3) is 2.95. The number of thiazole rings is 1. The molecule has 16 heavy (non-hydrogen) atoms. The summed E-state index contributed by atoms with van der Waals surface area (Å²) in [5, 5.41) is 6.53. The van der Waals surface area contributed by atoms with Crippen LogP contribution in [-0.4, -0.2) is 17.1 Å². The molecule has 1 saturated carbocycles. The van der Waals surface area contributed by atoms with Crippen molar-refractivity contribution >= 4 is 16.5 Å². The van der Waals surface area contributed by atoms with Crippen LogP contribution >= 0.6 is 11.3 Å². The molecule has 3 N–H and O–H groups in total. The highest BCUT2D eigenvalue weighted by molar-refractivity contribution is 7.13. The van der Waals surface area contributed by atoms with Gasteiger partial charge >= 0.3 is 0 Å². The van der Waals surface area contributed by atoms with Crippen molar-refractivity contribution in [3.63, 3.8) is 0 Å². The van der Waals surface area contributed by atoms with Crippen molar-refractivity contribution in [1.29, 1.82) is 0 Å². The first-order valence-corrected chi connectivity index (χ1v) is 7.07. The molecular formula is C12H21N3S. The molecule has 0 spiro atoms. The van der Waals surface area contributed by atoms with Crippen molar-refractivity contribution in [3.05, 3.63) is 11.1 Å². The Morgan fingerprint density at radius 1 is 1.44 bits per heavy atom. The van der Waals surface area contributed by atoms with Crippen molar-refractivity contribution in [2.45, 2.75) is 51.0 Å². The normalized spacial score (nSPS) is 19.6. The average Bonchev–Trinajstić information content (AvgIpc) is 2.75. The molecule has 1 fully saturated rings. The number of nitrogens with one attached hydrogen (secondary N) is 1. The lowest BCUT2D eigenvalue weighted by Gasteiger charge is -2.33. The van der Waals surface area contributed by atoms with Gasteiger partial charge in [-0.25, -0.2) is 4.98 Å². The van der Waals surface area contributed by atoms with Crippen molar-refractivity contribution in [3.8, 4) is 0 Å². The van der Waals surface area contributed by atoms with Crippen LogP contribution in [0.3, 0.4) is 0 Å². The fraction of sp³-hybridized carbons (Fsp3) is 0.750. The summed E-state index contributed by atoms with van der Waals surface area (Å²) >= 11 is 1.68. The van der Waals surface area contributed by atoms with Crippen molar-refractivity contribution < 1.29 is 0 Å². The molecule has 0 bridgehead atoms. The molecule has 1 heterocycles. The van der Waals surface area contributed by atoms with Crippen LogP contribution in [0.5, 0.6) is 0 Å². The van der Waals surface area contributed by atoms with Crippen LogP contribution in [0.4, 0.5) is 5.13 Å². The minimum absolute atomic E-state index is 0.00367. The molecule has 1 aliphatic rings. The minimum Gasteiger partial charge on any atom is -0.360 e. The fourth-order valence-corrected chi connectivity index (χ4v) is 3.03. The number of nitrogens with two attached hydrogens (primary N) is 1. The highest BCUT2D eigenvalue weighted by atomic mass is 32.1. The van der Waals surface area contributed by atoms with Gasteiger partial charge in [-0.2, -0.15) is 0 Å². The molecule has 3 nitrogen and oxygen atoms in total. The van der Waals surface area contributed by atoms with Crippen molar-refractivity contribution in [1.82, 2.24) is 4.98 Å². The van der Waals surface area contributed by atoms with E-state index >= 15 is 0 Å². The van der Waals surface area contributed by atoms with E-state index in [1.54, 1.807) is 11.3 Å². The Balaban J connectivity index is 1.86. The molecule has 1 aliphatic carbocycles. The Morgan fingerprint density at radius 3 is 2.81 bits per heavy atom. The van der Waals surface area contributed by atoms with E-state index in [4.69, 9.17) is 5.73 Å². The Kier molecular flexibility index (Phi) is 3.82. The van der Waals surface area contributed by atoms with Gasteiger partial charge in [0.1, 0.15) is 0 Å². The Bertz CT molecular complexity index is 329. The summed E-state index contributed by atoms with van der Waals surface area (Å²) in [6.07, 6.45) is 7.19. The van der Waals surface area contributed by atoms with Gasteiger partial charge in [0, 0.05) is 17.5 Å². The first kappa shape index (κ1) is 11.9. The standard InChI is InChI=1S/C12H21N3S/c1-2-10-8-16-11(15-10)14-9-12(13)6-4-3-5-7-12/h8H,2-7,9,13H2,1H3,(H,14,15). The number of anilines is 1. The highest BCUT2D eigenvalue weighted by Gasteiger charge is 2.27. The lowest BCUT2D eigenvalue weighted by atomic mass is 9.82. The van der Waals surface area contributed by atoms with Gasteiger partial charge in [-0.05, 0) is 19.3 Å². The maximum absolute atomic E-state index is 6.36.